The van der Waals surface area contributed by atoms with Crippen LogP contribution in [0.15, 0.2) is 23.8 Å². The number of rotatable bonds is 12. The van der Waals surface area contributed by atoms with Gasteiger partial charge in [0, 0.05) is 13.1 Å². The molecular weight excluding hydrogens is 705 g/mol. The van der Waals surface area contributed by atoms with E-state index in [2.05, 4.69) is 34.2 Å². The molecule has 0 amide bonds. The number of aromatic amines is 1. The van der Waals surface area contributed by atoms with Crippen LogP contribution in [0.2, 0.25) is 0 Å². The predicted octanol–water partition coefficient (Wildman–Crippen LogP) is 0.928. The molecule has 2 fully saturated rings. The minimum atomic E-state index is -5.12. The maximum absolute atomic E-state index is 13.2. The summed E-state index contributed by atoms with van der Waals surface area (Å²) in [6, 6.07) is 0. The van der Waals surface area contributed by atoms with Crippen LogP contribution >= 0.6 is 23.2 Å². The predicted molar refractivity (Wildman–Crippen MR) is 162 cm³/mol. The first-order valence-electron chi connectivity index (χ1n) is 14.1. The average Bonchev–Trinajstić information content (AvgIpc) is 3.75. The summed E-state index contributed by atoms with van der Waals surface area (Å²) >= 11 is 0. The molecular formula is C22H31N10O13P3. The number of imidazole rings is 2. The molecule has 48 heavy (non-hydrogen) atoms. The second-order valence-electron chi connectivity index (χ2n) is 11.0. The lowest BCUT2D eigenvalue weighted by atomic mass is 10.1. The van der Waals surface area contributed by atoms with Gasteiger partial charge in [-0.15, -0.1) is 0 Å². The van der Waals surface area contributed by atoms with Gasteiger partial charge < -0.3 is 35.6 Å². The van der Waals surface area contributed by atoms with Crippen LogP contribution in [0.3, 0.4) is 0 Å². The molecule has 0 aromatic carbocycles. The van der Waals surface area contributed by atoms with Crippen molar-refractivity contribution >= 4 is 57.3 Å². The van der Waals surface area contributed by atoms with E-state index in [0.29, 0.717) is 19.5 Å². The van der Waals surface area contributed by atoms with Gasteiger partial charge in [0.15, 0.2) is 22.6 Å². The van der Waals surface area contributed by atoms with E-state index >= 15 is 0 Å². The van der Waals surface area contributed by atoms with Gasteiger partial charge in [0.25, 0.3) is 5.56 Å². The molecule has 2 saturated heterocycles. The molecule has 6 heterocycles. The number of hydrogen-bond donors (Lipinski definition) is 6. The van der Waals surface area contributed by atoms with Crippen LogP contribution in [-0.4, -0.2) is 91.4 Å². The van der Waals surface area contributed by atoms with Gasteiger partial charge in [-0.1, -0.05) is 0 Å². The molecule has 0 radical (unpaired) electrons. The molecule has 2 aliphatic heterocycles. The average molecular weight is 736 g/mol. The van der Waals surface area contributed by atoms with E-state index in [9.17, 15) is 33.2 Å². The minimum Gasteiger partial charge on any atom is -0.382 e. The fourth-order valence-electron chi connectivity index (χ4n) is 5.46. The lowest BCUT2D eigenvalue weighted by Crippen LogP contribution is -2.35. The Morgan fingerprint density at radius 2 is 1.71 bits per heavy atom. The molecule has 26 heteroatoms. The minimum absolute atomic E-state index is 0.0643. The van der Waals surface area contributed by atoms with Gasteiger partial charge in [-0.05, 0) is 19.8 Å². The summed E-state index contributed by atoms with van der Waals surface area (Å²) in [5.74, 6) is -0.0163. The quantitative estimate of drug-likeness (QED) is 0.110. The van der Waals surface area contributed by atoms with Crippen molar-refractivity contribution in [3.63, 3.8) is 0 Å². The van der Waals surface area contributed by atoms with Gasteiger partial charge in [-0.3, -0.25) is 37.0 Å². The van der Waals surface area contributed by atoms with Gasteiger partial charge >= 0.3 is 23.2 Å². The van der Waals surface area contributed by atoms with Crippen molar-refractivity contribution in [1.82, 2.24) is 39.0 Å². The van der Waals surface area contributed by atoms with Crippen LogP contribution in [0.25, 0.3) is 22.3 Å². The number of aromatic nitrogens is 8. The van der Waals surface area contributed by atoms with E-state index < -0.39 is 65.7 Å². The SMILES string of the molecule is C[C@H](OP(=O)(O)OP(C)(=O)O)[C@H]1OC(n2cnc3c(N)ncnc32)C[C@@H]1OP(=O)(O)OCC1CC[C@H](n2cnc3c(=O)[nH]c(N)nc32)O1. The molecule has 0 spiro atoms. The Kier molecular flexibility index (Phi) is 9.35. The van der Waals surface area contributed by atoms with E-state index in [1.54, 1.807) is 0 Å². The number of phosphoric acid groups is 2. The summed E-state index contributed by atoms with van der Waals surface area (Å²) in [6.07, 6.45) is -1.74. The summed E-state index contributed by atoms with van der Waals surface area (Å²) < 4.78 is 72.3. The maximum Gasteiger partial charge on any atom is 0.479 e. The Labute approximate surface area is 269 Å². The van der Waals surface area contributed by atoms with Crippen LogP contribution < -0.4 is 17.0 Å². The van der Waals surface area contributed by atoms with Crippen molar-refractivity contribution in [1.29, 1.82) is 0 Å². The molecule has 0 saturated carbocycles. The summed E-state index contributed by atoms with van der Waals surface area (Å²) in [5.41, 5.74) is 11.8. The highest BCUT2D eigenvalue weighted by molar-refractivity contribution is 7.63. The molecule has 23 nitrogen and oxygen atoms in total. The summed E-state index contributed by atoms with van der Waals surface area (Å²) in [4.78, 5) is 65.1. The van der Waals surface area contributed by atoms with Crippen molar-refractivity contribution in [2.45, 2.75) is 63.1 Å². The van der Waals surface area contributed by atoms with E-state index in [1.807, 2.05) is 0 Å². The van der Waals surface area contributed by atoms with Crippen molar-refractivity contribution < 1.29 is 55.7 Å². The molecule has 9 atom stereocenters. The first-order valence-corrected chi connectivity index (χ1v) is 19.1. The first kappa shape index (κ1) is 34.7. The van der Waals surface area contributed by atoms with E-state index in [-0.39, 0.29) is 47.1 Å². The fraction of sp³-hybridized carbons (Fsp3) is 0.545. The van der Waals surface area contributed by atoms with Crippen molar-refractivity contribution in [3.05, 3.63) is 29.3 Å². The van der Waals surface area contributed by atoms with Crippen LogP contribution in [0, 0.1) is 0 Å². The van der Waals surface area contributed by atoms with Gasteiger partial charge in [-0.2, -0.15) is 4.98 Å². The van der Waals surface area contributed by atoms with Crippen LogP contribution in [0.1, 0.15) is 38.6 Å². The maximum atomic E-state index is 13.2. The number of hydrogen-bond acceptors (Lipinski definition) is 17. The zero-order valence-electron chi connectivity index (χ0n) is 25.1. The number of anilines is 2. The molecule has 4 aromatic rings. The monoisotopic (exact) mass is 736 g/mol. The van der Waals surface area contributed by atoms with E-state index in [4.69, 9.17) is 34.5 Å². The Morgan fingerprint density at radius 1 is 1.00 bits per heavy atom. The van der Waals surface area contributed by atoms with Gasteiger partial charge in [0.05, 0.1) is 31.5 Å². The smallest absolute Gasteiger partial charge is 0.382 e. The third-order valence-electron chi connectivity index (χ3n) is 7.37. The zero-order chi connectivity index (χ0) is 34.6. The van der Waals surface area contributed by atoms with Crippen molar-refractivity contribution in [3.8, 4) is 0 Å². The molecule has 5 unspecified atom stereocenters. The van der Waals surface area contributed by atoms with Crippen LogP contribution in [0.5, 0.6) is 0 Å². The topological polar surface area (TPSA) is 326 Å². The van der Waals surface area contributed by atoms with Gasteiger partial charge in [0.1, 0.15) is 36.5 Å². The van der Waals surface area contributed by atoms with Crippen molar-refractivity contribution in [2.24, 2.45) is 0 Å². The molecule has 0 bridgehead atoms. The highest BCUT2D eigenvalue weighted by Gasteiger charge is 2.47. The number of phosphoric ester groups is 2. The Balaban J connectivity index is 1.15. The highest BCUT2D eigenvalue weighted by atomic mass is 31.3. The summed E-state index contributed by atoms with van der Waals surface area (Å²) in [5, 5.41) is 0. The Hall–Kier alpha value is -3.17. The summed E-state index contributed by atoms with van der Waals surface area (Å²) in [6.45, 7) is 1.58. The second-order valence-corrected chi connectivity index (χ2v) is 15.8. The third-order valence-corrected chi connectivity index (χ3v) is 11.0. The number of nitrogens with two attached hydrogens (primary N) is 2. The van der Waals surface area contributed by atoms with E-state index in [0.717, 1.165) is 0 Å². The first-order chi connectivity index (χ1) is 22.5. The number of nitrogens with one attached hydrogen (secondary N) is 1. The highest BCUT2D eigenvalue weighted by Crippen LogP contribution is 2.59. The Morgan fingerprint density at radius 3 is 2.44 bits per heavy atom. The fourth-order valence-corrected chi connectivity index (χ4v) is 8.65. The molecule has 2 aliphatic rings. The lowest BCUT2D eigenvalue weighted by molar-refractivity contribution is -0.0738. The Bertz CT molecular complexity index is 2030. The normalized spacial score (nSPS) is 27.6. The molecule has 4 aromatic heterocycles. The standard InChI is InChI=1S/C22H31N10O13P3/c1-10(43-48(38,39)45-46(2,34)35)17-12(5-14(42-17)32-8-27-15-18(23)25-7-26-19(15)32)44-47(36,37)40-6-11-3-4-13(41-11)31-9-28-16-20(31)29-22(24)30-21(16)33/h7-14,17H,3-6H2,1-2H3,(H,34,35)(H,36,37)(H,38,39)(H2,23,25,26)(H3,24,29,30,33)/t10-,11?,12-,13+,14?,17+/m0/s1. The molecule has 0 aliphatic carbocycles. The number of nitrogens with zero attached hydrogens (tertiary/aromatic N) is 7. The van der Waals surface area contributed by atoms with Crippen molar-refractivity contribution in [2.75, 3.05) is 24.7 Å². The van der Waals surface area contributed by atoms with Gasteiger partial charge in [-0.25, -0.2) is 33.4 Å². The number of H-pyrrole nitrogens is 1. The largest absolute Gasteiger partial charge is 0.479 e. The van der Waals surface area contributed by atoms with E-state index in [1.165, 1.54) is 35.0 Å². The van der Waals surface area contributed by atoms with Gasteiger partial charge in [0.2, 0.25) is 5.95 Å². The third kappa shape index (κ3) is 7.52. The molecule has 6 rings (SSSR count). The number of ether oxygens (including phenoxy) is 2. The lowest BCUT2D eigenvalue weighted by Gasteiger charge is -2.27. The summed E-state index contributed by atoms with van der Waals surface area (Å²) in [7, 11) is -14.5. The number of nitrogen functional groups attached to an aromatic ring is 2. The molecule has 262 valence electrons. The van der Waals surface area contributed by atoms with Crippen LogP contribution in [0.4, 0.5) is 11.8 Å². The number of fused-ring (bicyclic) bond motifs is 2. The zero-order valence-corrected chi connectivity index (χ0v) is 27.8. The molecule has 8 N–H and O–H groups in total. The second kappa shape index (κ2) is 12.9. The van der Waals surface area contributed by atoms with Crippen LogP contribution in [-0.2, 0) is 41.1 Å².